The van der Waals surface area contributed by atoms with Crippen LogP contribution in [0.3, 0.4) is 0 Å². The minimum atomic E-state index is 0.536. The third-order valence-corrected chi connectivity index (χ3v) is 3.71. The minimum Gasteiger partial charge on any atom is -0.424 e. The third-order valence-electron chi connectivity index (χ3n) is 2.97. The first-order valence-corrected chi connectivity index (χ1v) is 6.95. The molecule has 0 atom stereocenters. The number of aromatic nitrogens is 2. The van der Waals surface area contributed by atoms with E-state index < -0.39 is 0 Å². The van der Waals surface area contributed by atoms with E-state index in [1.807, 2.05) is 12.1 Å². The molecule has 2 aromatic rings. The Balaban J connectivity index is 1.63. The number of nitrogens with zero attached hydrogens (tertiary/aromatic N) is 2. The van der Waals surface area contributed by atoms with Gasteiger partial charge in [0.05, 0.1) is 23.0 Å². The summed E-state index contributed by atoms with van der Waals surface area (Å²) in [6.07, 6.45) is 3.04. The molecule has 0 unspecified atom stereocenters. The van der Waals surface area contributed by atoms with Crippen molar-refractivity contribution in [1.29, 1.82) is 0 Å². The van der Waals surface area contributed by atoms with Gasteiger partial charge >= 0.3 is 0 Å². The Hall–Kier alpha value is -1.10. The molecule has 4 nitrogen and oxygen atoms in total. The Morgan fingerprint density at radius 3 is 2.68 bits per heavy atom. The highest BCUT2D eigenvalue weighted by atomic mass is 35.5. The summed E-state index contributed by atoms with van der Waals surface area (Å²) in [7, 11) is 0. The Kier molecular flexibility index (Phi) is 3.73. The van der Waals surface area contributed by atoms with Crippen LogP contribution in [0.2, 0.25) is 10.0 Å². The smallest absolute Gasteiger partial charge is 0.230 e. The molecule has 3 rings (SSSR count). The zero-order valence-electron chi connectivity index (χ0n) is 10.2. The van der Waals surface area contributed by atoms with Crippen LogP contribution < -0.4 is 5.32 Å². The summed E-state index contributed by atoms with van der Waals surface area (Å²) in [4.78, 5) is 0. The Morgan fingerprint density at radius 2 is 1.95 bits per heavy atom. The lowest BCUT2D eigenvalue weighted by molar-refractivity contribution is 0.438. The van der Waals surface area contributed by atoms with Crippen LogP contribution in [0, 0.1) is 0 Å². The van der Waals surface area contributed by atoms with Crippen LogP contribution in [0.25, 0.3) is 0 Å². The monoisotopic (exact) mass is 297 g/mol. The second-order valence-electron chi connectivity index (χ2n) is 4.67. The summed E-state index contributed by atoms with van der Waals surface area (Å²) < 4.78 is 5.58. The van der Waals surface area contributed by atoms with Crippen LogP contribution in [0.1, 0.15) is 30.2 Å². The van der Waals surface area contributed by atoms with Crippen LogP contribution in [0.15, 0.2) is 22.6 Å². The fourth-order valence-electron chi connectivity index (χ4n) is 1.77. The Morgan fingerprint density at radius 1 is 1.16 bits per heavy atom. The lowest BCUT2D eigenvalue weighted by Gasteiger charge is -2.00. The lowest BCUT2D eigenvalue weighted by atomic mass is 10.1. The summed E-state index contributed by atoms with van der Waals surface area (Å²) in [5.74, 6) is 1.22. The van der Waals surface area contributed by atoms with Crippen molar-refractivity contribution in [3.05, 3.63) is 45.6 Å². The fraction of sp³-hybridized carbons (Fsp3) is 0.385. The molecule has 0 radical (unpaired) electrons. The van der Waals surface area contributed by atoms with E-state index in [1.165, 1.54) is 12.8 Å². The number of hydrogen-bond donors (Lipinski definition) is 1. The second-order valence-corrected chi connectivity index (χ2v) is 5.48. The molecule has 1 aromatic heterocycles. The largest absolute Gasteiger partial charge is 0.424 e. The molecule has 1 saturated carbocycles. The molecule has 1 aliphatic carbocycles. The number of halogens is 2. The van der Waals surface area contributed by atoms with Crippen LogP contribution in [-0.4, -0.2) is 16.2 Å². The van der Waals surface area contributed by atoms with E-state index in [-0.39, 0.29) is 0 Å². The zero-order valence-corrected chi connectivity index (χ0v) is 11.7. The maximum atomic E-state index is 5.97. The highest BCUT2D eigenvalue weighted by Crippen LogP contribution is 2.24. The topological polar surface area (TPSA) is 51.0 Å². The van der Waals surface area contributed by atoms with Gasteiger partial charge in [-0.3, -0.25) is 0 Å². The molecule has 1 heterocycles. The number of benzene rings is 1. The first kappa shape index (κ1) is 12.9. The first-order chi connectivity index (χ1) is 9.20. The van der Waals surface area contributed by atoms with Gasteiger partial charge in [0.2, 0.25) is 11.8 Å². The van der Waals surface area contributed by atoms with Crippen molar-refractivity contribution in [3.63, 3.8) is 0 Å². The third kappa shape index (κ3) is 3.47. The summed E-state index contributed by atoms with van der Waals surface area (Å²) in [6, 6.07) is 6.12. The van der Waals surface area contributed by atoms with Gasteiger partial charge in [0, 0.05) is 6.04 Å². The van der Waals surface area contributed by atoms with E-state index in [1.54, 1.807) is 6.07 Å². The van der Waals surface area contributed by atoms with Gasteiger partial charge in [0.25, 0.3) is 0 Å². The van der Waals surface area contributed by atoms with Gasteiger partial charge in [-0.1, -0.05) is 29.3 Å². The average molecular weight is 298 g/mol. The van der Waals surface area contributed by atoms with Gasteiger partial charge in [0.1, 0.15) is 0 Å². The molecule has 6 heteroatoms. The van der Waals surface area contributed by atoms with Crippen molar-refractivity contribution in [2.45, 2.75) is 31.8 Å². The van der Waals surface area contributed by atoms with E-state index >= 15 is 0 Å². The van der Waals surface area contributed by atoms with Crippen LogP contribution in [-0.2, 0) is 13.0 Å². The molecule has 1 N–H and O–H groups in total. The lowest BCUT2D eigenvalue weighted by Crippen LogP contribution is -2.15. The first-order valence-electron chi connectivity index (χ1n) is 6.19. The van der Waals surface area contributed by atoms with Gasteiger partial charge in [-0.05, 0) is 30.5 Å². The summed E-state index contributed by atoms with van der Waals surface area (Å²) in [6.45, 7) is 0.638. The molecular formula is C13H13Cl2N3O. The van der Waals surface area contributed by atoms with Gasteiger partial charge in [-0.15, -0.1) is 10.2 Å². The van der Waals surface area contributed by atoms with Crippen LogP contribution in [0.4, 0.5) is 0 Å². The van der Waals surface area contributed by atoms with Crippen LogP contribution >= 0.6 is 23.2 Å². The van der Waals surface area contributed by atoms with E-state index in [0.717, 1.165) is 5.56 Å². The number of nitrogens with one attached hydrogen (secondary N) is 1. The highest BCUT2D eigenvalue weighted by molar-refractivity contribution is 6.42. The van der Waals surface area contributed by atoms with Crippen molar-refractivity contribution < 1.29 is 4.42 Å². The molecule has 1 fully saturated rings. The van der Waals surface area contributed by atoms with Gasteiger partial charge in [-0.25, -0.2) is 0 Å². The summed E-state index contributed by atoms with van der Waals surface area (Å²) in [5.41, 5.74) is 1.000. The summed E-state index contributed by atoms with van der Waals surface area (Å²) >= 11 is 11.8. The minimum absolute atomic E-state index is 0.536. The number of rotatable bonds is 5. The predicted octanol–water partition coefficient (Wildman–Crippen LogP) is 3.22. The summed E-state index contributed by atoms with van der Waals surface area (Å²) in [5, 5.41) is 12.5. The second kappa shape index (κ2) is 5.49. The Labute approximate surface area is 121 Å². The van der Waals surface area contributed by atoms with Gasteiger partial charge in [-0.2, -0.15) is 0 Å². The maximum Gasteiger partial charge on any atom is 0.230 e. The molecule has 0 amide bonds. The average Bonchev–Trinajstić information content (AvgIpc) is 3.12. The molecular weight excluding hydrogens is 285 g/mol. The molecule has 0 aliphatic heterocycles. The molecule has 0 saturated heterocycles. The van der Waals surface area contributed by atoms with E-state index in [9.17, 15) is 0 Å². The van der Waals surface area contributed by atoms with Crippen molar-refractivity contribution in [1.82, 2.24) is 15.5 Å². The number of hydrogen-bond acceptors (Lipinski definition) is 4. The SMILES string of the molecule is Clc1ccc(Cc2nnc(CNC3CC3)o2)cc1Cl. The molecule has 1 aromatic carbocycles. The standard InChI is InChI=1S/C13H13Cl2N3O/c14-10-4-1-8(5-11(10)15)6-12-17-18-13(19-12)7-16-9-2-3-9/h1,4-5,9,16H,2-3,6-7H2. The van der Waals surface area contributed by atoms with Gasteiger partial charge < -0.3 is 9.73 Å². The van der Waals surface area contributed by atoms with E-state index in [0.29, 0.717) is 40.8 Å². The molecule has 1 aliphatic rings. The molecule has 100 valence electrons. The van der Waals surface area contributed by atoms with Crippen molar-refractivity contribution in [2.24, 2.45) is 0 Å². The highest BCUT2D eigenvalue weighted by Gasteiger charge is 2.21. The van der Waals surface area contributed by atoms with Crippen molar-refractivity contribution >= 4 is 23.2 Å². The predicted molar refractivity (Wildman–Crippen MR) is 73.4 cm³/mol. The van der Waals surface area contributed by atoms with Crippen molar-refractivity contribution in [3.8, 4) is 0 Å². The van der Waals surface area contributed by atoms with Crippen LogP contribution in [0.5, 0.6) is 0 Å². The maximum absolute atomic E-state index is 5.97. The zero-order chi connectivity index (χ0) is 13.2. The normalized spacial score (nSPS) is 14.8. The van der Waals surface area contributed by atoms with E-state index in [2.05, 4.69) is 15.5 Å². The Bertz CT molecular complexity index is 581. The molecule has 0 bridgehead atoms. The molecule has 0 spiro atoms. The molecule has 19 heavy (non-hydrogen) atoms. The fourth-order valence-corrected chi connectivity index (χ4v) is 2.10. The van der Waals surface area contributed by atoms with Crippen molar-refractivity contribution in [2.75, 3.05) is 0 Å². The van der Waals surface area contributed by atoms with E-state index in [4.69, 9.17) is 27.6 Å². The quantitative estimate of drug-likeness (QED) is 0.921. The van der Waals surface area contributed by atoms with Gasteiger partial charge in [0.15, 0.2) is 0 Å².